The number of hydrogen-bond donors (Lipinski definition) is 0. The average Bonchev–Trinajstić information content (AvgIpc) is 2.32. The summed E-state index contributed by atoms with van der Waals surface area (Å²) in [5, 5.41) is 0. The molecule has 0 unspecified atom stereocenters. The zero-order valence-electron chi connectivity index (χ0n) is 8.90. The molecule has 0 rings (SSSR count). The summed E-state index contributed by atoms with van der Waals surface area (Å²) in [6.07, 6.45) is 0. The van der Waals surface area contributed by atoms with E-state index < -0.39 is 20.8 Å². The lowest BCUT2D eigenvalue weighted by Crippen LogP contribution is -2.02. The van der Waals surface area contributed by atoms with Crippen LogP contribution in [0.15, 0.2) is 0 Å². The van der Waals surface area contributed by atoms with E-state index in [-0.39, 0.29) is 0 Å². The van der Waals surface area contributed by atoms with Gasteiger partial charge in [0.15, 0.2) is 12.5 Å². The zero-order chi connectivity index (χ0) is 13.8. The normalized spacial score (nSPS) is 10.5. The van der Waals surface area contributed by atoms with Gasteiger partial charge in [-0.05, 0) is 0 Å². The predicted molar refractivity (Wildman–Crippen MR) is 54.0 cm³/mol. The van der Waals surface area contributed by atoms with Crippen molar-refractivity contribution in [3.8, 4) is 0 Å². The van der Waals surface area contributed by atoms with E-state index in [9.17, 15) is 16.8 Å². The molecule has 0 aliphatic heterocycles. The van der Waals surface area contributed by atoms with E-state index in [0.717, 1.165) is 28.4 Å². The summed E-state index contributed by atoms with van der Waals surface area (Å²) in [6, 6.07) is 0. The third-order valence-corrected chi connectivity index (χ3v) is 2.45. The molecule has 0 bridgehead atoms. The van der Waals surface area contributed by atoms with Crippen molar-refractivity contribution in [3.05, 3.63) is 0 Å². The van der Waals surface area contributed by atoms with Crippen LogP contribution in [0, 0.1) is 0 Å². The highest BCUT2D eigenvalue weighted by molar-refractivity contribution is 7.82. The Hall–Kier alpha value is -0.240. The first kappa shape index (κ1) is 21.1. The Bertz CT molecular complexity index is 276. The minimum atomic E-state index is -3.66. The van der Waals surface area contributed by atoms with Crippen LogP contribution in [0.5, 0.6) is 0 Å². The van der Waals surface area contributed by atoms with Gasteiger partial charge in [-0.25, -0.2) is 0 Å². The molecule has 100 valence electrons. The van der Waals surface area contributed by atoms with Gasteiger partial charge in [0.25, 0.3) is 0 Å². The predicted octanol–water partition coefficient (Wildman–Crippen LogP) is -1.29. The van der Waals surface area contributed by atoms with Gasteiger partial charge in [-0.1, -0.05) is 0 Å². The van der Waals surface area contributed by atoms with E-state index >= 15 is 0 Å². The van der Waals surface area contributed by atoms with E-state index in [1.165, 1.54) is 0 Å². The molecule has 0 fully saturated rings. The summed E-state index contributed by atoms with van der Waals surface area (Å²) >= 11 is 2.83. The Morgan fingerprint density at radius 2 is 0.750 bits per heavy atom. The zero-order valence-corrected chi connectivity index (χ0v) is 11.3. The van der Waals surface area contributed by atoms with Gasteiger partial charge in [-0.2, -0.15) is 21.0 Å². The highest BCUT2D eigenvalue weighted by Gasteiger charge is 2.01. The summed E-state index contributed by atoms with van der Waals surface area (Å²) in [5.74, 6) is 0. The molecule has 0 aromatic rings. The van der Waals surface area contributed by atoms with Gasteiger partial charge in [0.05, 0.1) is 28.4 Å². The first-order valence-electron chi connectivity index (χ1n) is 3.13. The van der Waals surface area contributed by atoms with Gasteiger partial charge in [0, 0.05) is 0 Å². The number of hydrogen-bond acceptors (Lipinski definition) is 10. The van der Waals surface area contributed by atoms with E-state index in [4.69, 9.17) is 4.21 Å². The van der Waals surface area contributed by atoms with Gasteiger partial charge >= 0.3 is 20.8 Å². The van der Waals surface area contributed by atoms with Crippen molar-refractivity contribution in [2.75, 3.05) is 28.4 Å². The lowest BCUT2D eigenvalue weighted by atomic mass is 11.8. The first-order chi connectivity index (χ1) is 7.24. The van der Waals surface area contributed by atoms with Crippen molar-refractivity contribution in [1.82, 2.24) is 0 Å². The molecular formula is C4H12O9S3. The molecule has 0 amide bonds. The second-order valence-corrected chi connectivity index (χ2v) is 4.45. The monoisotopic (exact) mass is 300 g/mol. The second-order valence-electron chi connectivity index (χ2n) is 1.48. The maximum Gasteiger partial charge on any atom is 0.399 e. The van der Waals surface area contributed by atoms with Crippen molar-refractivity contribution >= 4 is 33.3 Å². The van der Waals surface area contributed by atoms with E-state index in [0.29, 0.717) is 0 Å². The standard InChI is InChI=1S/2C2H6O4S.OS/c2*1-5-7(3,4)6-2;1-2/h2*1-2H3;. The Balaban J connectivity index is -0.000000183. The van der Waals surface area contributed by atoms with Crippen molar-refractivity contribution in [1.29, 1.82) is 0 Å². The van der Waals surface area contributed by atoms with Crippen molar-refractivity contribution in [2.24, 2.45) is 0 Å². The van der Waals surface area contributed by atoms with E-state index in [1.807, 2.05) is 0 Å². The van der Waals surface area contributed by atoms with Gasteiger partial charge in [0.1, 0.15) is 0 Å². The summed E-state index contributed by atoms with van der Waals surface area (Å²) < 4.78 is 62.9. The van der Waals surface area contributed by atoms with Gasteiger partial charge < -0.3 is 0 Å². The van der Waals surface area contributed by atoms with Crippen LogP contribution in [-0.4, -0.2) is 49.5 Å². The summed E-state index contributed by atoms with van der Waals surface area (Å²) in [6.45, 7) is 0. The fourth-order valence-corrected chi connectivity index (χ4v) is 0.408. The minimum Gasteiger partial charge on any atom is -0.252 e. The van der Waals surface area contributed by atoms with Crippen LogP contribution in [0.3, 0.4) is 0 Å². The largest absolute Gasteiger partial charge is 0.399 e. The summed E-state index contributed by atoms with van der Waals surface area (Å²) in [7, 11) is -3.21. The molecule has 0 radical (unpaired) electrons. The summed E-state index contributed by atoms with van der Waals surface area (Å²) in [5.41, 5.74) is 0. The molecule has 0 aliphatic carbocycles. The number of rotatable bonds is 4. The average molecular weight is 300 g/mol. The second kappa shape index (κ2) is 11.3. The van der Waals surface area contributed by atoms with E-state index in [2.05, 4.69) is 29.3 Å². The molecule has 0 atom stereocenters. The van der Waals surface area contributed by atoms with Crippen LogP contribution in [0.4, 0.5) is 0 Å². The maximum atomic E-state index is 9.92. The fraction of sp³-hybridized carbons (Fsp3) is 1.00. The Kier molecular flexibility index (Phi) is 14.8. The first-order valence-corrected chi connectivity index (χ1v) is 6.13. The molecule has 0 saturated carbocycles. The Morgan fingerprint density at radius 1 is 0.625 bits per heavy atom. The van der Waals surface area contributed by atoms with Crippen LogP contribution >= 0.6 is 0 Å². The SMILES string of the molecule is COS(=O)(=O)OC.COS(=O)(=O)OC.O=S. The molecular weight excluding hydrogens is 288 g/mol. The molecule has 0 saturated heterocycles. The lowest BCUT2D eigenvalue weighted by Gasteiger charge is -1.91. The van der Waals surface area contributed by atoms with Crippen LogP contribution < -0.4 is 0 Å². The smallest absolute Gasteiger partial charge is 0.252 e. The minimum absolute atomic E-state index is 1.03. The molecule has 0 aromatic heterocycles. The van der Waals surface area contributed by atoms with Crippen LogP contribution in [-0.2, 0) is 50.1 Å². The summed E-state index contributed by atoms with van der Waals surface area (Å²) in [4.78, 5) is 0. The Morgan fingerprint density at radius 3 is 0.750 bits per heavy atom. The Labute approximate surface area is 99.8 Å². The van der Waals surface area contributed by atoms with Crippen LogP contribution in [0.25, 0.3) is 0 Å². The quantitative estimate of drug-likeness (QED) is 0.619. The highest BCUT2D eigenvalue weighted by atomic mass is 32.3. The van der Waals surface area contributed by atoms with Crippen LogP contribution in [0.2, 0.25) is 0 Å². The molecule has 0 heterocycles. The molecule has 0 aromatic carbocycles. The van der Waals surface area contributed by atoms with Crippen molar-refractivity contribution in [3.63, 3.8) is 0 Å². The molecule has 0 spiro atoms. The van der Waals surface area contributed by atoms with Gasteiger partial charge in [-0.3, -0.25) is 16.7 Å². The van der Waals surface area contributed by atoms with Gasteiger partial charge in [0.2, 0.25) is 0 Å². The lowest BCUT2D eigenvalue weighted by molar-refractivity contribution is 0.284. The van der Waals surface area contributed by atoms with Crippen LogP contribution in [0.1, 0.15) is 0 Å². The topological polar surface area (TPSA) is 122 Å². The highest BCUT2D eigenvalue weighted by Crippen LogP contribution is 1.86. The molecule has 9 nitrogen and oxygen atoms in total. The molecule has 16 heavy (non-hydrogen) atoms. The molecule has 0 aliphatic rings. The van der Waals surface area contributed by atoms with Gasteiger partial charge in [-0.15, -0.1) is 0 Å². The third-order valence-electron chi connectivity index (χ3n) is 0.816. The van der Waals surface area contributed by atoms with E-state index in [1.54, 1.807) is 0 Å². The van der Waals surface area contributed by atoms with Crippen molar-refractivity contribution in [2.45, 2.75) is 0 Å². The third kappa shape index (κ3) is 16.2. The molecule has 0 N–H and O–H groups in total. The van der Waals surface area contributed by atoms with Crippen molar-refractivity contribution < 1.29 is 37.8 Å². The molecule has 12 heteroatoms. The fourth-order valence-electron chi connectivity index (χ4n) is 0.136. The maximum absolute atomic E-state index is 9.92.